The number of ether oxygens (including phenoxy) is 3. The van der Waals surface area contributed by atoms with Gasteiger partial charge in [0.25, 0.3) is 0 Å². The van der Waals surface area contributed by atoms with Crippen molar-refractivity contribution in [1.29, 1.82) is 0 Å². The summed E-state index contributed by atoms with van der Waals surface area (Å²) in [5.74, 6) is -1.67. The summed E-state index contributed by atoms with van der Waals surface area (Å²) in [6, 6.07) is 11.3. The molecule has 0 bridgehead atoms. The standard InChI is InChI=1S/C25H24ClF3O3/c1-30-9-8-16-13-31-25(32-14-16)19-6-7-20-18(12-19)5-4-17(24(20)29)3-2-15-10-21(27)23(26)22(28)11-15/h4-7,10-12,16,25H,2-3,8-9,13-14H2,1H3. The number of fused-ring (bicyclic) bond motifs is 1. The number of hydrogen-bond donors (Lipinski definition) is 0. The van der Waals surface area contributed by atoms with Gasteiger partial charge in [-0.1, -0.05) is 35.9 Å². The molecule has 32 heavy (non-hydrogen) atoms. The van der Waals surface area contributed by atoms with E-state index in [1.165, 1.54) is 12.1 Å². The highest BCUT2D eigenvalue weighted by Crippen LogP contribution is 2.31. The Labute approximate surface area is 190 Å². The highest BCUT2D eigenvalue weighted by Gasteiger charge is 2.24. The van der Waals surface area contributed by atoms with Crippen LogP contribution in [-0.4, -0.2) is 26.9 Å². The van der Waals surface area contributed by atoms with E-state index in [2.05, 4.69) is 0 Å². The van der Waals surface area contributed by atoms with Crippen LogP contribution < -0.4 is 0 Å². The van der Waals surface area contributed by atoms with Gasteiger partial charge in [0, 0.05) is 30.6 Å². The van der Waals surface area contributed by atoms with Crippen molar-refractivity contribution >= 4 is 22.4 Å². The van der Waals surface area contributed by atoms with Gasteiger partial charge in [0.15, 0.2) is 6.29 Å². The topological polar surface area (TPSA) is 27.7 Å². The molecule has 0 N–H and O–H groups in total. The Balaban J connectivity index is 1.46. The third-order valence-corrected chi connectivity index (χ3v) is 6.11. The van der Waals surface area contributed by atoms with Crippen molar-refractivity contribution in [2.75, 3.05) is 26.9 Å². The first-order valence-corrected chi connectivity index (χ1v) is 10.9. The lowest BCUT2D eigenvalue weighted by molar-refractivity contribution is -0.207. The van der Waals surface area contributed by atoms with E-state index in [1.807, 2.05) is 12.1 Å². The maximum absolute atomic E-state index is 15.1. The summed E-state index contributed by atoms with van der Waals surface area (Å²) in [6.07, 6.45) is 1.00. The zero-order valence-corrected chi connectivity index (χ0v) is 18.4. The average molecular weight is 465 g/mol. The molecule has 4 rings (SSSR count). The summed E-state index contributed by atoms with van der Waals surface area (Å²) in [5.41, 5.74) is 1.74. The fraction of sp³-hybridized carbons (Fsp3) is 0.360. The van der Waals surface area contributed by atoms with E-state index in [0.717, 1.165) is 17.4 Å². The molecule has 0 aliphatic carbocycles. The Morgan fingerprint density at radius 1 is 0.969 bits per heavy atom. The lowest BCUT2D eigenvalue weighted by atomic mass is 9.98. The van der Waals surface area contributed by atoms with Crippen molar-refractivity contribution in [3.8, 4) is 0 Å². The number of methoxy groups -OCH3 is 1. The molecule has 1 aliphatic rings. The Morgan fingerprint density at radius 3 is 2.38 bits per heavy atom. The lowest BCUT2D eigenvalue weighted by Gasteiger charge is -2.29. The van der Waals surface area contributed by atoms with E-state index < -0.39 is 22.9 Å². The molecule has 170 valence electrons. The van der Waals surface area contributed by atoms with Gasteiger partial charge in [-0.2, -0.15) is 0 Å². The van der Waals surface area contributed by atoms with Crippen LogP contribution in [0.5, 0.6) is 0 Å². The molecule has 1 saturated heterocycles. The van der Waals surface area contributed by atoms with E-state index >= 15 is 4.39 Å². The summed E-state index contributed by atoms with van der Waals surface area (Å²) in [6.45, 7) is 1.85. The minimum Gasteiger partial charge on any atom is -0.385 e. The third-order valence-electron chi connectivity index (χ3n) is 5.75. The van der Waals surface area contributed by atoms with Crippen molar-refractivity contribution in [2.24, 2.45) is 5.92 Å². The molecule has 1 aliphatic heterocycles. The van der Waals surface area contributed by atoms with Crippen LogP contribution in [0.15, 0.2) is 42.5 Å². The molecule has 0 atom stereocenters. The van der Waals surface area contributed by atoms with Gasteiger partial charge >= 0.3 is 0 Å². The van der Waals surface area contributed by atoms with Crippen LogP contribution in [0.3, 0.4) is 0 Å². The number of hydrogen-bond acceptors (Lipinski definition) is 3. The molecule has 1 heterocycles. The van der Waals surface area contributed by atoms with Gasteiger partial charge in [-0.25, -0.2) is 13.2 Å². The number of aryl methyl sites for hydroxylation is 2. The Bertz CT molecular complexity index is 1070. The second-order valence-corrected chi connectivity index (χ2v) is 8.42. The number of benzene rings is 3. The lowest BCUT2D eigenvalue weighted by Crippen LogP contribution is -2.27. The first kappa shape index (κ1) is 23.1. The van der Waals surface area contributed by atoms with Crippen molar-refractivity contribution in [2.45, 2.75) is 25.6 Å². The van der Waals surface area contributed by atoms with E-state index in [-0.39, 0.29) is 5.82 Å². The second kappa shape index (κ2) is 10.2. The van der Waals surface area contributed by atoms with Gasteiger partial charge < -0.3 is 14.2 Å². The minimum absolute atomic E-state index is 0.291. The smallest absolute Gasteiger partial charge is 0.183 e. The fourth-order valence-corrected chi connectivity index (χ4v) is 4.02. The monoisotopic (exact) mass is 464 g/mol. The van der Waals surface area contributed by atoms with Crippen LogP contribution in [0, 0.1) is 23.4 Å². The summed E-state index contributed by atoms with van der Waals surface area (Å²) in [7, 11) is 1.67. The first-order valence-electron chi connectivity index (χ1n) is 10.5. The van der Waals surface area contributed by atoms with Gasteiger partial charge in [0.1, 0.15) is 22.5 Å². The van der Waals surface area contributed by atoms with Gasteiger partial charge in [0.05, 0.1) is 13.2 Å². The zero-order valence-electron chi connectivity index (χ0n) is 17.7. The van der Waals surface area contributed by atoms with Gasteiger partial charge in [0.2, 0.25) is 0 Å². The molecule has 3 nitrogen and oxygen atoms in total. The predicted molar refractivity (Wildman–Crippen MR) is 117 cm³/mol. The van der Waals surface area contributed by atoms with E-state index in [9.17, 15) is 8.78 Å². The molecule has 0 spiro atoms. The van der Waals surface area contributed by atoms with Crippen LogP contribution in [-0.2, 0) is 27.1 Å². The predicted octanol–water partition coefficient (Wildman–Crippen LogP) is 6.39. The molecule has 0 amide bonds. The molecule has 3 aromatic rings. The molecule has 0 aromatic heterocycles. The van der Waals surface area contributed by atoms with Gasteiger partial charge in [-0.3, -0.25) is 0 Å². The largest absolute Gasteiger partial charge is 0.385 e. The molecular weight excluding hydrogens is 441 g/mol. The minimum atomic E-state index is -0.814. The van der Waals surface area contributed by atoms with Gasteiger partial charge in [-0.15, -0.1) is 0 Å². The van der Waals surface area contributed by atoms with Crippen molar-refractivity contribution < 1.29 is 27.4 Å². The quantitative estimate of drug-likeness (QED) is 0.379. The molecule has 7 heteroatoms. The van der Waals surface area contributed by atoms with E-state index in [4.69, 9.17) is 25.8 Å². The summed E-state index contributed by atoms with van der Waals surface area (Å²) in [5, 5.41) is 0.687. The molecule has 0 unspecified atom stereocenters. The van der Waals surface area contributed by atoms with Crippen molar-refractivity contribution in [3.05, 3.63) is 81.6 Å². The Morgan fingerprint density at radius 2 is 1.69 bits per heavy atom. The van der Waals surface area contributed by atoms with E-state index in [0.29, 0.717) is 55.1 Å². The molecule has 3 aromatic carbocycles. The van der Waals surface area contributed by atoms with Crippen LogP contribution in [0.1, 0.15) is 29.4 Å². The van der Waals surface area contributed by atoms with Crippen LogP contribution in [0.25, 0.3) is 10.8 Å². The third kappa shape index (κ3) is 5.09. The number of halogens is 4. The summed E-state index contributed by atoms with van der Waals surface area (Å²) >= 11 is 5.52. The van der Waals surface area contributed by atoms with Crippen LogP contribution in [0.2, 0.25) is 5.02 Å². The highest BCUT2D eigenvalue weighted by molar-refractivity contribution is 6.30. The molecule has 0 radical (unpaired) electrons. The summed E-state index contributed by atoms with van der Waals surface area (Å²) < 4.78 is 59.2. The van der Waals surface area contributed by atoms with Crippen LogP contribution >= 0.6 is 11.6 Å². The zero-order chi connectivity index (χ0) is 22.7. The fourth-order valence-electron chi connectivity index (χ4n) is 3.91. The second-order valence-electron chi connectivity index (χ2n) is 8.04. The number of rotatable bonds is 7. The maximum Gasteiger partial charge on any atom is 0.183 e. The van der Waals surface area contributed by atoms with Crippen molar-refractivity contribution in [1.82, 2.24) is 0 Å². The SMILES string of the molecule is COCCC1COC(c2ccc3c(F)c(CCc4cc(F)c(Cl)c(F)c4)ccc3c2)OC1. The molecular formula is C25H24ClF3O3. The van der Waals surface area contributed by atoms with Crippen molar-refractivity contribution in [3.63, 3.8) is 0 Å². The van der Waals surface area contributed by atoms with Gasteiger partial charge in [-0.05, 0) is 54.0 Å². The Hall–Kier alpha value is -2.12. The van der Waals surface area contributed by atoms with Crippen LogP contribution in [0.4, 0.5) is 13.2 Å². The highest BCUT2D eigenvalue weighted by atomic mass is 35.5. The Kier molecular flexibility index (Phi) is 7.36. The molecule has 1 fully saturated rings. The average Bonchev–Trinajstić information content (AvgIpc) is 2.81. The normalized spacial score (nSPS) is 18.9. The molecule has 0 saturated carbocycles. The maximum atomic E-state index is 15.1. The summed E-state index contributed by atoms with van der Waals surface area (Å²) in [4.78, 5) is 0. The van der Waals surface area contributed by atoms with E-state index in [1.54, 1.807) is 25.3 Å². The first-order chi connectivity index (χ1) is 15.5.